The van der Waals surface area contributed by atoms with Crippen LogP contribution in [-0.4, -0.2) is 16.7 Å². The zero-order valence-corrected chi connectivity index (χ0v) is 10.3. The Hall–Kier alpha value is -1.06. The number of anilines is 1. The fourth-order valence-electron chi connectivity index (χ4n) is 1.16. The van der Waals surface area contributed by atoms with Gasteiger partial charge in [-0.3, -0.25) is 0 Å². The lowest BCUT2D eigenvalue weighted by Gasteiger charge is -2.14. The standard InChI is InChI=1S/C11H21N3O/c1-8(2)7-12-10-13-9(14-15-10)6-11(3,4)5/h8H,6-7H2,1-5H3,(H,12,13,14). The second-order valence-electron chi connectivity index (χ2n) is 5.53. The number of aromatic nitrogens is 2. The molecule has 0 amide bonds. The highest BCUT2D eigenvalue weighted by molar-refractivity contribution is 5.18. The van der Waals surface area contributed by atoms with Gasteiger partial charge >= 0.3 is 6.01 Å². The van der Waals surface area contributed by atoms with Gasteiger partial charge in [-0.2, -0.15) is 4.98 Å². The molecule has 4 heteroatoms. The van der Waals surface area contributed by atoms with Crippen LogP contribution in [-0.2, 0) is 6.42 Å². The van der Waals surface area contributed by atoms with Crippen LogP contribution in [0.2, 0.25) is 0 Å². The highest BCUT2D eigenvalue weighted by Crippen LogP contribution is 2.19. The summed E-state index contributed by atoms with van der Waals surface area (Å²) in [5.41, 5.74) is 0.194. The molecule has 0 aliphatic heterocycles. The van der Waals surface area contributed by atoms with Crippen LogP contribution < -0.4 is 5.32 Å². The van der Waals surface area contributed by atoms with Gasteiger partial charge in [-0.05, 0) is 11.3 Å². The normalized spacial score (nSPS) is 12.1. The molecule has 1 heterocycles. The third-order valence-corrected chi connectivity index (χ3v) is 1.82. The molecule has 0 saturated heterocycles. The van der Waals surface area contributed by atoms with Crippen molar-refractivity contribution in [2.24, 2.45) is 11.3 Å². The van der Waals surface area contributed by atoms with E-state index in [4.69, 9.17) is 4.52 Å². The van der Waals surface area contributed by atoms with Crippen molar-refractivity contribution in [1.82, 2.24) is 10.1 Å². The van der Waals surface area contributed by atoms with Crippen LogP contribution in [0.5, 0.6) is 0 Å². The molecule has 1 N–H and O–H groups in total. The molecular formula is C11H21N3O. The maximum atomic E-state index is 5.09. The fraction of sp³-hybridized carbons (Fsp3) is 0.818. The summed E-state index contributed by atoms with van der Waals surface area (Å²) in [5.74, 6) is 1.34. The molecule has 0 atom stereocenters. The Morgan fingerprint density at radius 3 is 2.53 bits per heavy atom. The molecule has 0 aliphatic rings. The Morgan fingerprint density at radius 1 is 1.33 bits per heavy atom. The van der Waals surface area contributed by atoms with E-state index in [1.54, 1.807) is 0 Å². The molecule has 0 bridgehead atoms. The lowest BCUT2D eigenvalue weighted by molar-refractivity contribution is 0.374. The predicted octanol–water partition coefficient (Wildman–Crippen LogP) is 2.73. The van der Waals surface area contributed by atoms with Gasteiger partial charge in [0.1, 0.15) is 0 Å². The summed E-state index contributed by atoms with van der Waals surface area (Å²) in [5, 5.41) is 7.04. The molecule has 86 valence electrons. The van der Waals surface area contributed by atoms with Crippen LogP contribution in [0.1, 0.15) is 40.4 Å². The van der Waals surface area contributed by atoms with Crippen molar-refractivity contribution >= 4 is 6.01 Å². The number of nitrogens with zero attached hydrogens (tertiary/aromatic N) is 2. The minimum atomic E-state index is 0.194. The Bertz CT molecular complexity index is 299. The highest BCUT2D eigenvalue weighted by atomic mass is 16.5. The fourth-order valence-corrected chi connectivity index (χ4v) is 1.16. The number of rotatable bonds is 4. The van der Waals surface area contributed by atoms with Gasteiger partial charge in [0.15, 0.2) is 5.82 Å². The Labute approximate surface area is 91.5 Å². The predicted molar refractivity (Wildman–Crippen MR) is 60.8 cm³/mol. The van der Waals surface area contributed by atoms with Crippen LogP contribution in [0.4, 0.5) is 6.01 Å². The average Bonchev–Trinajstić information content (AvgIpc) is 2.45. The summed E-state index contributed by atoms with van der Waals surface area (Å²) in [6.07, 6.45) is 0.833. The first-order chi connectivity index (χ1) is 6.87. The maximum Gasteiger partial charge on any atom is 0.321 e. The number of hydrogen-bond donors (Lipinski definition) is 1. The van der Waals surface area contributed by atoms with Gasteiger partial charge in [0.25, 0.3) is 0 Å². The van der Waals surface area contributed by atoms with Crippen molar-refractivity contribution in [3.63, 3.8) is 0 Å². The molecule has 4 nitrogen and oxygen atoms in total. The summed E-state index contributed by atoms with van der Waals surface area (Å²) >= 11 is 0. The SMILES string of the molecule is CC(C)CNc1nc(CC(C)(C)C)no1. The molecule has 0 spiro atoms. The molecule has 0 aliphatic carbocycles. The smallest absolute Gasteiger partial charge is 0.321 e. The molecule has 0 saturated carbocycles. The summed E-state index contributed by atoms with van der Waals surface area (Å²) in [4.78, 5) is 4.28. The van der Waals surface area contributed by atoms with Gasteiger partial charge in [-0.15, -0.1) is 0 Å². The Kier molecular flexibility index (Phi) is 3.72. The van der Waals surface area contributed by atoms with Crippen molar-refractivity contribution in [3.05, 3.63) is 5.82 Å². The zero-order valence-electron chi connectivity index (χ0n) is 10.3. The zero-order chi connectivity index (χ0) is 11.5. The van der Waals surface area contributed by atoms with Crippen molar-refractivity contribution in [3.8, 4) is 0 Å². The quantitative estimate of drug-likeness (QED) is 0.832. The molecule has 1 rings (SSSR count). The summed E-state index contributed by atoms with van der Waals surface area (Å²) in [6.45, 7) is 11.6. The molecule has 0 radical (unpaired) electrons. The summed E-state index contributed by atoms with van der Waals surface area (Å²) in [6, 6.07) is 0.531. The van der Waals surface area contributed by atoms with E-state index in [1.165, 1.54) is 0 Å². The molecular weight excluding hydrogens is 190 g/mol. The lowest BCUT2D eigenvalue weighted by Crippen LogP contribution is -2.11. The van der Waals surface area contributed by atoms with Crippen LogP contribution in [0.15, 0.2) is 4.52 Å². The number of nitrogens with one attached hydrogen (secondary N) is 1. The minimum Gasteiger partial charge on any atom is -0.338 e. The van der Waals surface area contributed by atoms with E-state index >= 15 is 0 Å². The second-order valence-corrected chi connectivity index (χ2v) is 5.53. The molecule has 15 heavy (non-hydrogen) atoms. The Balaban J connectivity index is 2.49. The van der Waals surface area contributed by atoms with E-state index in [0.717, 1.165) is 18.8 Å². The Morgan fingerprint density at radius 2 is 2.00 bits per heavy atom. The van der Waals surface area contributed by atoms with Gasteiger partial charge < -0.3 is 9.84 Å². The monoisotopic (exact) mass is 211 g/mol. The largest absolute Gasteiger partial charge is 0.338 e. The first-order valence-corrected chi connectivity index (χ1v) is 5.43. The van der Waals surface area contributed by atoms with E-state index in [2.05, 4.69) is 50.1 Å². The van der Waals surface area contributed by atoms with E-state index in [1.807, 2.05) is 0 Å². The van der Waals surface area contributed by atoms with Crippen molar-refractivity contribution in [1.29, 1.82) is 0 Å². The second kappa shape index (κ2) is 4.64. The van der Waals surface area contributed by atoms with E-state index in [0.29, 0.717) is 11.9 Å². The van der Waals surface area contributed by atoms with Gasteiger partial charge in [0, 0.05) is 13.0 Å². The van der Waals surface area contributed by atoms with Crippen molar-refractivity contribution < 1.29 is 4.52 Å². The average molecular weight is 211 g/mol. The van der Waals surface area contributed by atoms with Gasteiger partial charge in [-0.25, -0.2) is 0 Å². The van der Waals surface area contributed by atoms with Crippen molar-refractivity contribution in [2.45, 2.75) is 41.0 Å². The summed E-state index contributed by atoms with van der Waals surface area (Å²) in [7, 11) is 0. The molecule has 0 fully saturated rings. The van der Waals surface area contributed by atoms with Crippen LogP contribution >= 0.6 is 0 Å². The third kappa shape index (κ3) is 4.81. The first kappa shape index (κ1) is 12.0. The first-order valence-electron chi connectivity index (χ1n) is 5.43. The van der Waals surface area contributed by atoms with E-state index < -0.39 is 0 Å². The van der Waals surface area contributed by atoms with Gasteiger partial charge in [0.05, 0.1) is 0 Å². The molecule has 0 aromatic carbocycles. The highest BCUT2D eigenvalue weighted by Gasteiger charge is 2.16. The minimum absolute atomic E-state index is 0.194. The van der Waals surface area contributed by atoms with Crippen LogP contribution in [0, 0.1) is 11.3 Å². The lowest BCUT2D eigenvalue weighted by atomic mass is 9.92. The molecule has 1 aromatic rings. The third-order valence-electron chi connectivity index (χ3n) is 1.82. The van der Waals surface area contributed by atoms with Crippen LogP contribution in [0.25, 0.3) is 0 Å². The van der Waals surface area contributed by atoms with Gasteiger partial charge in [-0.1, -0.05) is 39.8 Å². The van der Waals surface area contributed by atoms with E-state index in [-0.39, 0.29) is 5.41 Å². The molecule has 1 aromatic heterocycles. The van der Waals surface area contributed by atoms with E-state index in [9.17, 15) is 0 Å². The van der Waals surface area contributed by atoms with Gasteiger partial charge in [0.2, 0.25) is 0 Å². The molecule has 0 unspecified atom stereocenters. The van der Waals surface area contributed by atoms with Crippen molar-refractivity contribution in [2.75, 3.05) is 11.9 Å². The topological polar surface area (TPSA) is 51.0 Å². The van der Waals surface area contributed by atoms with Crippen LogP contribution in [0.3, 0.4) is 0 Å². The summed E-state index contributed by atoms with van der Waals surface area (Å²) < 4.78 is 5.09. The number of hydrogen-bond acceptors (Lipinski definition) is 4. The maximum absolute atomic E-state index is 5.09.